The minimum absolute atomic E-state index is 0.0463. The Labute approximate surface area is 163 Å². The number of halogens is 2. The second-order valence-electron chi connectivity index (χ2n) is 6.26. The van der Waals surface area contributed by atoms with Gasteiger partial charge in [0.25, 0.3) is 5.91 Å². The maximum absolute atomic E-state index is 12.3. The van der Waals surface area contributed by atoms with Gasteiger partial charge in [-0.3, -0.25) is 4.79 Å². The zero-order valence-corrected chi connectivity index (χ0v) is 16.1. The second kappa shape index (κ2) is 8.62. The smallest absolute Gasteiger partial charge is 0.279 e. The van der Waals surface area contributed by atoms with Crippen LogP contribution in [0, 0.1) is 0 Å². The number of nitrogens with one attached hydrogen (secondary N) is 2. The summed E-state index contributed by atoms with van der Waals surface area (Å²) < 4.78 is 5.44. The van der Waals surface area contributed by atoms with Gasteiger partial charge in [-0.2, -0.15) is 0 Å². The number of carbonyl (C=O) groups is 1. The number of anilines is 2. The molecule has 7 heteroatoms. The molecule has 1 aliphatic rings. The van der Waals surface area contributed by atoms with E-state index in [2.05, 4.69) is 16.3 Å². The summed E-state index contributed by atoms with van der Waals surface area (Å²) >= 11 is 12.0. The van der Waals surface area contributed by atoms with Gasteiger partial charge in [-0.1, -0.05) is 35.3 Å². The van der Waals surface area contributed by atoms with Gasteiger partial charge < -0.3 is 19.9 Å². The fraction of sp³-hybridized carbons (Fsp3) is 0.316. The average Bonchev–Trinajstić information content (AvgIpc) is 2.64. The highest BCUT2D eigenvalue weighted by atomic mass is 35.5. The summed E-state index contributed by atoms with van der Waals surface area (Å²) in [4.78, 5) is 15.9. The molecule has 0 radical (unpaired) electrons. The van der Waals surface area contributed by atoms with Crippen molar-refractivity contribution in [1.82, 2.24) is 0 Å². The zero-order chi connectivity index (χ0) is 18.5. The lowest BCUT2D eigenvalue weighted by Crippen LogP contribution is -3.15. The molecule has 2 N–H and O–H groups in total. The number of carbonyl (C=O) groups excluding carboxylic acids is 1. The van der Waals surface area contributed by atoms with E-state index >= 15 is 0 Å². The van der Waals surface area contributed by atoms with E-state index < -0.39 is 0 Å². The van der Waals surface area contributed by atoms with Gasteiger partial charge in [0.2, 0.25) is 0 Å². The Balaban J connectivity index is 1.53. The molecule has 3 rings (SSSR count). The van der Waals surface area contributed by atoms with Gasteiger partial charge in [0.1, 0.15) is 5.75 Å². The van der Waals surface area contributed by atoms with Crippen LogP contribution in [-0.2, 0) is 4.79 Å². The predicted molar refractivity (Wildman–Crippen MR) is 106 cm³/mol. The number of quaternary nitrogens is 1. The van der Waals surface area contributed by atoms with Gasteiger partial charge in [-0.15, -0.1) is 0 Å². The Hall–Kier alpha value is -1.95. The summed E-state index contributed by atoms with van der Waals surface area (Å²) in [5.74, 6) is 0.834. The van der Waals surface area contributed by atoms with E-state index in [1.807, 2.05) is 18.2 Å². The summed E-state index contributed by atoms with van der Waals surface area (Å²) in [5, 5.41) is 3.86. The van der Waals surface area contributed by atoms with Crippen LogP contribution in [0.4, 0.5) is 11.4 Å². The van der Waals surface area contributed by atoms with Gasteiger partial charge in [0, 0.05) is 5.02 Å². The third-order valence-corrected chi connectivity index (χ3v) is 5.06. The second-order valence-corrected chi connectivity index (χ2v) is 7.10. The van der Waals surface area contributed by atoms with E-state index in [1.165, 1.54) is 4.90 Å². The molecule has 0 unspecified atom stereocenters. The van der Waals surface area contributed by atoms with Crippen LogP contribution in [0.1, 0.15) is 0 Å². The van der Waals surface area contributed by atoms with Crippen molar-refractivity contribution >= 4 is 40.5 Å². The Bertz CT molecular complexity index is 777. The van der Waals surface area contributed by atoms with Crippen LogP contribution >= 0.6 is 23.2 Å². The summed E-state index contributed by atoms with van der Waals surface area (Å²) in [7, 11) is 1.69. The van der Waals surface area contributed by atoms with Crippen LogP contribution in [0.3, 0.4) is 0 Å². The molecule has 2 aromatic rings. The van der Waals surface area contributed by atoms with E-state index in [0.29, 0.717) is 22.3 Å². The minimum Gasteiger partial charge on any atom is -0.495 e. The van der Waals surface area contributed by atoms with Crippen molar-refractivity contribution in [1.29, 1.82) is 0 Å². The molecule has 138 valence electrons. The number of rotatable bonds is 5. The molecule has 1 heterocycles. The Kier molecular flexibility index (Phi) is 6.25. The lowest BCUT2D eigenvalue weighted by molar-refractivity contribution is -0.892. The van der Waals surface area contributed by atoms with Crippen molar-refractivity contribution in [2.24, 2.45) is 0 Å². The van der Waals surface area contributed by atoms with E-state index in [4.69, 9.17) is 27.9 Å². The van der Waals surface area contributed by atoms with E-state index in [0.717, 1.165) is 37.6 Å². The molecule has 0 aromatic heterocycles. The number of para-hydroxylation sites is 2. The molecule has 26 heavy (non-hydrogen) atoms. The normalized spacial score (nSPS) is 15.0. The molecule has 1 aliphatic heterocycles. The number of amides is 1. The first-order valence-electron chi connectivity index (χ1n) is 8.53. The number of nitrogens with zero attached hydrogens (tertiary/aromatic N) is 1. The monoisotopic (exact) mass is 394 g/mol. The fourth-order valence-corrected chi connectivity index (χ4v) is 3.60. The van der Waals surface area contributed by atoms with Crippen LogP contribution in [-0.4, -0.2) is 45.7 Å². The highest BCUT2D eigenvalue weighted by molar-refractivity contribution is 6.36. The van der Waals surface area contributed by atoms with Crippen molar-refractivity contribution < 1.29 is 14.4 Å². The third kappa shape index (κ3) is 4.61. The number of hydrogen-bond donors (Lipinski definition) is 2. The van der Waals surface area contributed by atoms with Gasteiger partial charge in [0.15, 0.2) is 6.54 Å². The highest BCUT2D eigenvalue weighted by Crippen LogP contribution is 2.27. The van der Waals surface area contributed by atoms with Crippen LogP contribution in [0.5, 0.6) is 5.75 Å². The van der Waals surface area contributed by atoms with Crippen LogP contribution in [0.15, 0.2) is 42.5 Å². The summed E-state index contributed by atoms with van der Waals surface area (Å²) in [6, 6.07) is 13.1. The van der Waals surface area contributed by atoms with E-state index in [1.54, 1.807) is 25.3 Å². The molecular formula is C19H22Cl2N3O2+. The quantitative estimate of drug-likeness (QED) is 0.817. The highest BCUT2D eigenvalue weighted by Gasteiger charge is 2.24. The fourth-order valence-electron chi connectivity index (χ4n) is 3.14. The molecule has 5 nitrogen and oxygen atoms in total. The summed E-state index contributed by atoms with van der Waals surface area (Å²) in [6.07, 6.45) is 0. The topological polar surface area (TPSA) is 46.0 Å². The van der Waals surface area contributed by atoms with Crippen molar-refractivity contribution in [3.8, 4) is 5.75 Å². The molecule has 2 aromatic carbocycles. The van der Waals surface area contributed by atoms with Crippen LogP contribution in [0.25, 0.3) is 0 Å². The first kappa shape index (κ1) is 18.8. The number of piperazine rings is 1. The van der Waals surface area contributed by atoms with Crippen LogP contribution < -0.4 is 19.9 Å². The average molecular weight is 395 g/mol. The van der Waals surface area contributed by atoms with Gasteiger partial charge in [-0.25, -0.2) is 0 Å². The van der Waals surface area contributed by atoms with E-state index in [9.17, 15) is 4.79 Å². The van der Waals surface area contributed by atoms with Crippen molar-refractivity contribution in [3.63, 3.8) is 0 Å². The van der Waals surface area contributed by atoms with Gasteiger partial charge >= 0.3 is 0 Å². The van der Waals surface area contributed by atoms with Crippen molar-refractivity contribution in [3.05, 3.63) is 52.5 Å². The van der Waals surface area contributed by atoms with Crippen molar-refractivity contribution in [2.45, 2.75) is 0 Å². The molecule has 1 fully saturated rings. The maximum Gasteiger partial charge on any atom is 0.279 e. The minimum atomic E-state index is -0.0463. The lowest BCUT2D eigenvalue weighted by Gasteiger charge is -2.34. The number of methoxy groups -OCH3 is 1. The first-order chi connectivity index (χ1) is 12.6. The largest absolute Gasteiger partial charge is 0.495 e. The molecule has 0 atom stereocenters. The predicted octanol–water partition coefficient (Wildman–Crippen LogP) is 2.35. The molecule has 1 saturated heterocycles. The lowest BCUT2D eigenvalue weighted by atomic mass is 10.2. The van der Waals surface area contributed by atoms with Gasteiger partial charge in [-0.05, 0) is 30.3 Å². The van der Waals surface area contributed by atoms with Crippen LogP contribution in [0.2, 0.25) is 10.0 Å². The molecule has 1 amide bonds. The molecule has 0 aliphatic carbocycles. The molecule has 0 bridgehead atoms. The first-order valence-corrected chi connectivity index (χ1v) is 9.29. The standard InChI is InChI=1S/C19H21Cl2N3O2/c1-26-18-5-3-2-4-17(18)24-10-8-23(9-11-24)13-19(25)22-16-7-6-14(20)12-15(16)21/h2-7,12H,8-11,13H2,1H3,(H,22,25)/p+1. The van der Waals surface area contributed by atoms with Crippen molar-refractivity contribution in [2.75, 3.05) is 50.1 Å². The van der Waals surface area contributed by atoms with Gasteiger partial charge in [0.05, 0.1) is 49.7 Å². The third-order valence-electron chi connectivity index (χ3n) is 4.51. The Morgan fingerprint density at radius 2 is 1.92 bits per heavy atom. The summed E-state index contributed by atoms with van der Waals surface area (Å²) in [5.41, 5.74) is 1.69. The molecular weight excluding hydrogens is 373 g/mol. The Morgan fingerprint density at radius 1 is 1.19 bits per heavy atom. The number of benzene rings is 2. The summed E-state index contributed by atoms with van der Waals surface area (Å²) in [6.45, 7) is 3.95. The molecule has 0 spiro atoms. The Morgan fingerprint density at radius 3 is 2.62 bits per heavy atom. The van der Waals surface area contributed by atoms with E-state index in [-0.39, 0.29) is 5.91 Å². The number of ether oxygens (including phenoxy) is 1. The SMILES string of the molecule is COc1ccccc1N1CC[NH+](CC(=O)Nc2ccc(Cl)cc2Cl)CC1. The zero-order valence-electron chi connectivity index (χ0n) is 14.6. The number of hydrogen-bond acceptors (Lipinski definition) is 3. The molecule has 0 saturated carbocycles. The maximum atomic E-state index is 12.3.